The van der Waals surface area contributed by atoms with Crippen molar-refractivity contribution in [2.75, 3.05) is 29.9 Å². The molecule has 0 fully saturated rings. The van der Waals surface area contributed by atoms with Gasteiger partial charge in [-0.05, 0) is 32.0 Å². The van der Waals surface area contributed by atoms with Crippen molar-refractivity contribution in [3.63, 3.8) is 0 Å². The van der Waals surface area contributed by atoms with E-state index in [4.69, 9.17) is 0 Å². The number of hydrogen-bond donors (Lipinski definition) is 2. The molecule has 1 aromatic carbocycles. The fourth-order valence-electron chi connectivity index (χ4n) is 2.07. The van der Waals surface area contributed by atoms with Gasteiger partial charge in [-0.1, -0.05) is 15.9 Å². The summed E-state index contributed by atoms with van der Waals surface area (Å²) in [5.74, 6) is -0.766. The Morgan fingerprint density at radius 1 is 1.56 bits per heavy atom. The second-order valence-corrected chi connectivity index (χ2v) is 6.11. The third kappa shape index (κ3) is 2.61. The molecule has 1 aliphatic heterocycles. The molecule has 1 aromatic rings. The van der Waals surface area contributed by atoms with Crippen LogP contribution in [-0.4, -0.2) is 30.7 Å². The van der Waals surface area contributed by atoms with E-state index in [0.29, 0.717) is 6.54 Å². The largest absolute Gasteiger partial charge is 0.481 e. The van der Waals surface area contributed by atoms with E-state index in [2.05, 4.69) is 26.1 Å². The Morgan fingerprint density at radius 2 is 2.28 bits per heavy atom. The molecule has 1 aliphatic rings. The van der Waals surface area contributed by atoms with Gasteiger partial charge in [0, 0.05) is 24.1 Å². The zero-order chi connectivity index (χ0) is 13.3. The Morgan fingerprint density at radius 3 is 2.94 bits per heavy atom. The average Bonchev–Trinajstić information content (AvgIpc) is 2.29. The second-order valence-electron chi connectivity index (χ2n) is 5.20. The number of carboxylic acids is 1. The average molecular weight is 313 g/mol. The number of benzene rings is 1. The summed E-state index contributed by atoms with van der Waals surface area (Å²) in [6.07, 6.45) is 0. The molecule has 2 rings (SSSR count). The quantitative estimate of drug-likeness (QED) is 0.901. The number of nitrogens with one attached hydrogen (secondary N) is 1. The molecule has 0 saturated heterocycles. The Kier molecular flexibility index (Phi) is 3.52. The van der Waals surface area contributed by atoms with Crippen molar-refractivity contribution >= 4 is 33.3 Å². The molecular weight excluding hydrogens is 296 g/mol. The lowest BCUT2D eigenvalue weighted by molar-refractivity contribution is -0.146. The Balaban J connectivity index is 2.27. The van der Waals surface area contributed by atoms with Gasteiger partial charge in [-0.3, -0.25) is 4.79 Å². The van der Waals surface area contributed by atoms with Gasteiger partial charge in [-0.25, -0.2) is 0 Å². The van der Waals surface area contributed by atoms with Crippen LogP contribution in [0.2, 0.25) is 0 Å². The van der Waals surface area contributed by atoms with E-state index in [-0.39, 0.29) is 0 Å². The van der Waals surface area contributed by atoms with E-state index in [1.807, 2.05) is 18.2 Å². The van der Waals surface area contributed by atoms with Crippen LogP contribution < -0.4 is 10.2 Å². The van der Waals surface area contributed by atoms with Crippen LogP contribution >= 0.6 is 15.9 Å². The molecule has 18 heavy (non-hydrogen) atoms. The molecule has 98 valence electrons. The first-order valence-corrected chi connectivity index (χ1v) is 6.71. The van der Waals surface area contributed by atoms with E-state index < -0.39 is 11.4 Å². The molecule has 1 heterocycles. The Labute approximate surface area is 115 Å². The standard InChI is InChI=1S/C13H17BrN2O2/c1-13(2,12(17)18)8-16-6-5-15-10-4-3-9(14)7-11(10)16/h3-4,7,15H,5-6,8H2,1-2H3,(H,17,18). The highest BCUT2D eigenvalue weighted by Gasteiger charge is 2.31. The summed E-state index contributed by atoms with van der Waals surface area (Å²) in [5, 5.41) is 12.5. The van der Waals surface area contributed by atoms with E-state index in [0.717, 1.165) is 28.9 Å². The van der Waals surface area contributed by atoms with E-state index in [9.17, 15) is 9.90 Å². The summed E-state index contributed by atoms with van der Waals surface area (Å²) < 4.78 is 1.00. The highest BCUT2D eigenvalue weighted by molar-refractivity contribution is 9.10. The minimum absolute atomic E-state index is 0.507. The van der Waals surface area contributed by atoms with Crippen molar-refractivity contribution in [1.82, 2.24) is 0 Å². The van der Waals surface area contributed by atoms with Crippen molar-refractivity contribution in [3.8, 4) is 0 Å². The number of hydrogen-bond acceptors (Lipinski definition) is 3. The summed E-state index contributed by atoms with van der Waals surface area (Å²) in [5.41, 5.74) is 1.37. The lowest BCUT2D eigenvalue weighted by Crippen LogP contribution is -2.43. The van der Waals surface area contributed by atoms with Crippen LogP contribution in [0, 0.1) is 5.41 Å². The first-order chi connectivity index (χ1) is 8.40. The highest BCUT2D eigenvalue weighted by Crippen LogP contribution is 2.33. The van der Waals surface area contributed by atoms with Crippen LogP contribution in [0.4, 0.5) is 11.4 Å². The number of nitrogens with zero attached hydrogens (tertiary/aromatic N) is 1. The molecule has 0 radical (unpaired) electrons. The zero-order valence-electron chi connectivity index (χ0n) is 10.5. The Bertz CT molecular complexity index is 474. The van der Waals surface area contributed by atoms with Gasteiger partial charge in [-0.15, -0.1) is 0 Å². The minimum Gasteiger partial charge on any atom is -0.481 e. The van der Waals surface area contributed by atoms with E-state index >= 15 is 0 Å². The number of fused-ring (bicyclic) bond motifs is 1. The molecular formula is C13H17BrN2O2. The van der Waals surface area contributed by atoms with Gasteiger partial charge in [0.25, 0.3) is 0 Å². The van der Waals surface area contributed by atoms with Crippen LogP contribution in [0.3, 0.4) is 0 Å². The molecule has 0 saturated carbocycles. The van der Waals surface area contributed by atoms with Crippen LogP contribution in [0.5, 0.6) is 0 Å². The van der Waals surface area contributed by atoms with Crippen LogP contribution in [0.1, 0.15) is 13.8 Å². The van der Waals surface area contributed by atoms with Crippen molar-refractivity contribution in [2.45, 2.75) is 13.8 Å². The molecule has 5 heteroatoms. The molecule has 0 amide bonds. The van der Waals surface area contributed by atoms with Crippen molar-refractivity contribution in [2.24, 2.45) is 5.41 Å². The fraction of sp³-hybridized carbons (Fsp3) is 0.462. The molecule has 0 aliphatic carbocycles. The smallest absolute Gasteiger partial charge is 0.310 e. The molecule has 0 atom stereocenters. The van der Waals surface area contributed by atoms with Crippen molar-refractivity contribution in [3.05, 3.63) is 22.7 Å². The maximum atomic E-state index is 11.2. The van der Waals surface area contributed by atoms with E-state index in [1.54, 1.807) is 13.8 Å². The summed E-state index contributed by atoms with van der Waals surface area (Å²) in [4.78, 5) is 13.4. The minimum atomic E-state index is -0.766. The monoisotopic (exact) mass is 312 g/mol. The van der Waals surface area contributed by atoms with Crippen molar-refractivity contribution in [1.29, 1.82) is 0 Å². The SMILES string of the molecule is CC(C)(CN1CCNc2ccc(Br)cc21)C(=O)O. The number of rotatable bonds is 3. The first kappa shape index (κ1) is 13.2. The molecule has 4 nitrogen and oxygen atoms in total. The highest BCUT2D eigenvalue weighted by atomic mass is 79.9. The predicted octanol–water partition coefficient (Wildman–Crippen LogP) is 2.79. The summed E-state index contributed by atoms with van der Waals surface area (Å²) >= 11 is 3.46. The lowest BCUT2D eigenvalue weighted by Gasteiger charge is -2.36. The molecule has 0 bridgehead atoms. The van der Waals surface area contributed by atoms with Gasteiger partial charge in [0.15, 0.2) is 0 Å². The lowest BCUT2D eigenvalue weighted by atomic mass is 9.92. The van der Waals surface area contributed by atoms with Gasteiger partial charge in [0.1, 0.15) is 0 Å². The number of anilines is 2. The zero-order valence-corrected chi connectivity index (χ0v) is 12.1. The predicted molar refractivity (Wildman–Crippen MR) is 76.3 cm³/mol. The molecule has 2 N–H and O–H groups in total. The van der Waals surface area contributed by atoms with Crippen molar-refractivity contribution < 1.29 is 9.90 Å². The Hall–Kier alpha value is -1.23. The number of carboxylic acid groups (broad SMARTS) is 1. The van der Waals surface area contributed by atoms with Crippen LogP contribution in [0.15, 0.2) is 22.7 Å². The third-order valence-corrected chi connectivity index (χ3v) is 3.66. The van der Waals surface area contributed by atoms with Gasteiger partial charge >= 0.3 is 5.97 Å². The number of halogens is 1. The first-order valence-electron chi connectivity index (χ1n) is 5.92. The van der Waals surface area contributed by atoms with Gasteiger partial charge in [0.05, 0.1) is 16.8 Å². The summed E-state index contributed by atoms with van der Waals surface area (Å²) in [7, 11) is 0. The van der Waals surface area contributed by atoms with Crippen LogP contribution in [-0.2, 0) is 4.79 Å². The van der Waals surface area contributed by atoms with E-state index in [1.165, 1.54) is 0 Å². The maximum absolute atomic E-state index is 11.2. The molecule has 0 aromatic heterocycles. The van der Waals surface area contributed by atoms with Gasteiger partial charge in [0.2, 0.25) is 0 Å². The molecule has 0 unspecified atom stereocenters. The van der Waals surface area contributed by atoms with Gasteiger partial charge < -0.3 is 15.3 Å². The number of aliphatic carboxylic acids is 1. The third-order valence-electron chi connectivity index (χ3n) is 3.16. The molecule has 0 spiro atoms. The fourth-order valence-corrected chi connectivity index (χ4v) is 2.42. The normalized spacial score (nSPS) is 14.9. The van der Waals surface area contributed by atoms with Crippen LogP contribution in [0.25, 0.3) is 0 Å². The van der Waals surface area contributed by atoms with Gasteiger partial charge in [-0.2, -0.15) is 0 Å². The number of carbonyl (C=O) groups is 1. The summed E-state index contributed by atoms with van der Waals surface area (Å²) in [6, 6.07) is 6.02. The maximum Gasteiger partial charge on any atom is 0.310 e. The topological polar surface area (TPSA) is 52.6 Å². The summed E-state index contributed by atoms with van der Waals surface area (Å²) in [6.45, 7) is 5.68. The second kappa shape index (κ2) is 4.80.